The van der Waals surface area contributed by atoms with Crippen molar-refractivity contribution < 1.29 is 12.8 Å². The van der Waals surface area contributed by atoms with Crippen molar-refractivity contribution >= 4 is 15.9 Å². The molecular weight excluding hydrogens is 304 g/mol. The third-order valence-corrected chi connectivity index (χ3v) is 4.78. The number of nitriles is 1. The fourth-order valence-corrected chi connectivity index (χ4v) is 2.68. The zero-order valence-electron chi connectivity index (χ0n) is 12.5. The van der Waals surface area contributed by atoms with Gasteiger partial charge in [0.15, 0.2) is 0 Å². The lowest BCUT2D eigenvalue weighted by Gasteiger charge is -2.11. The summed E-state index contributed by atoms with van der Waals surface area (Å²) >= 11 is 0. The fourth-order valence-electron chi connectivity index (χ4n) is 1.78. The zero-order chi connectivity index (χ0) is 16.3. The van der Waals surface area contributed by atoms with E-state index in [2.05, 4.69) is 10.3 Å². The lowest BCUT2D eigenvalue weighted by atomic mass is 10.2. The average molecular weight is 320 g/mol. The van der Waals surface area contributed by atoms with Crippen molar-refractivity contribution in [3.63, 3.8) is 0 Å². The molecule has 0 fully saturated rings. The topological polar surface area (TPSA) is 99.2 Å². The first-order valence-electron chi connectivity index (χ1n) is 6.58. The SMILES string of the molecule is CCNc1oc(-c2ccc(S(=O)(=O)N(C)C)cc2)nc1C#N. The van der Waals surface area contributed by atoms with Gasteiger partial charge in [0, 0.05) is 26.2 Å². The van der Waals surface area contributed by atoms with E-state index in [-0.39, 0.29) is 16.5 Å². The van der Waals surface area contributed by atoms with Crippen LogP contribution < -0.4 is 5.32 Å². The van der Waals surface area contributed by atoms with Gasteiger partial charge in [-0.1, -0.05) is 0 Å². The molecule has 1 heterocycles. The molecule has 0 atom stereocenters. The van der Waals surface area contributed by atoms with Gasteiger partial charge in [-0.25, -0.2) is 12.7 Å². The molecule has 2 aromatic rings. The van der Waals surface area contributed by atoms with Crippen LogP contribution in [0, 0.1) is 11.3 Å². The van der Waals surface area contributed by atoms with Gasteiger partial charge in [0.05, 0.1) is 4.90 Å². The molecule has 7 nitrogen and oxygen atoms in total. The highest BCUT2D eigenvalue weighted by molar-refractivity contribution is 7.89. The second-order valence-corrected chi connectivity index (χ2v) is 6.80. The number of nitrogens with one attached hydrogen (secondary N) is 1. The van der Waals surface area contributed by atoms with E-state index < -0.39 is 10.0 Å². The van der Waals surface area contributed by atoms with E-state index in [1.165, 1.54) is 26.2 Å². The first-order valence-corrected chi connectivity index (χ1v) is 8.02. The summed E-state index contributed by atoms with van der Waals surface area (Å²) in [6, 6.07) is 8.10. The van der Waals surface area contributed by atoms with E-state index in [9.17, 15) is 8.42 Å². The van der Waals surface area contributed by atoms with Gasteiger partial charge in [0.2, 0.25) is 27.5 Å². The van der Waals surface area contributed by atoms with Gasteiger partial charge in [-0.05, 0) is 31.2 Å². The molecule has 8 heteroatoms. The lowest BCUT2D eigenvalue weighted by Crippen LogP contribution is -2.22. The highest BCUT2D eigenvalue weighted by Gasteiger charge is 2.18. The maximum Gasteiger partial charge on any atom is 0.242 e. The van der Waals surface area contributed by atoms with Crippen LogP contribution in [-0.2, 0) is 10.0 Å². The van der Waals surface area contributed by atoms with Gasteiger partial charge in [0.1, 0.15) is 6.07 Å². The molecule has 0 amide bonds. The summed E-state index contributed by atoms with van der Waals surface area (Å²) in [4.78, 5) is 4.28. The van der Waals surface area contributed by atoms with Crippen LogP contribution in [0.15, 0.2) is 33.6 Å². The minimum atomic E-state index is -3.47. The maximum atomic E-state index is 12.0. The quantitative estimate of drug-likeness (QED) is 0.903. The summed E-state index contributed by atoms with van der Waals surface area (Å²) < 4.78 is 30.7. The predicted octanol–water partition coefficient (Wildman–Crippen LogP) is 1.90. The van der Waals surface area contributed by atoms with Crippen molar-refractivity contribution in [3.8, 4) is 17.5 Å². The Morgan fingerprint density at radius 2 is 1.95 bits per heavy atom. The minimum absolute atomic E-state index is 0.168. The third kappa shape index (κ3) is 2.95. The Morgan fingerprint density at radius 3 is 2.45 bits per heavy atom. The number of sulfonamides is 1. The number of aromatic nitrogens is 1. The Hall–Kier alpha value is -2.37. The van der Waals surface area contributed by atoms with Crippen LogP contribution in [0.3, 0.4) is 0 Å². The number of hydrogen-bond donors (Lipinski definition) is 1. The normalized spacial score (nSPS) is 11.4. The summed E-state index contributed by atoms with van der Waals surface area (Å²) in [6.07, 6.45) is 0. The van der Waals surface area contributed by atoms with Crippen molar-refractivity contribution in [2.45, 2.75) is 11.8 Å². The van der Waals surface area contributed by atoms with E-state index in [0.29, 0.717) is 18.0 Å². The fraction of sp³-hybridized carbons (Fsp3) is 0.286. The molecule has 0 radical (unpaired) electrons. The van der Waals surface area contributed by atoms with Crippen LogP contribution in [0.5, 0.6) is 0 Å². The Bertz CT molecular complexity index is 802. The van der Waals surface area contributed by atoms with Crippen molar-refractivity contribution in [3.05, 3.63) is 30.0 Å². The second-order valence-electron chi connectivity index (χ2n) is 4.65. The average Bonchev–Trinajstić information content (AvgIpc) is 2.90. The minimum Gasteiger partial charge on any atom is -0.419 e. The van der Waals surface area contributed by atoms with Crippen LogP contribution in [-0.4, -0.2) is 38.3 Å². The number of benzene rings is 1. The third-order valence-electron chi connectivity index (χ3n) is 2.95. The Balaban J connectivity index is 2.38. The summed E-state index contributed by atoms with van der Waals surface area (Å²) in [5, 5.41) is 11.9. The number of rotatable bonds is 5. The molecule has 1 aromatic carbocycles. The molecule has 0 saturated carbocycles. The lowest BCUT2D eigenvalue weighted by molar-refractivity contribution is 0.520. The van der Waals surface area contributed by atoms with E-state index in [1.54, 1.807) is 12.1 Å². The van der Waals surface area contributed by atoms with Crippen molar-refractivity contribution in [1.82, 2.24) is 9.29 Å². The molecule has 22 heavy (non-hydrogen) atoms. The van der Waals surface area contributed by atoms with Crippen LogP contribution in [0.1, 0.15) is 12.6 Å². The van der Waals surface area contributed by atoms with Crippen LogP contribution in [0.25, 0.3) is 11.5 Å². The van der Waals surface area contributed by atoms with Gasteiger partial charge in [-0.3, -0.25) is 0 Å². The smallest absolute Gasteiger partial charge is 0.242 e. The highest BCUT2D eigenvalue weighted by Crippen LogP contribution is 2.26. The summed E-state index contributed by atoms with van der Waals surface area (Å²) in [5.41, 5.74) is 0.764. The largest absolute Gasteiger partial charge is 0.419 e. The Kier molecular flexibility index (Phi) is 4.49. The van der Waals surface area contributed by atoms with Gasteiger partial charge >= 0.3 is 0 Å². The number of oxazole rings is 1. The summed E-state index contributed by atoms with van der Waals surface area (Å²) in [7, 11) is -0.532. The molecule has 116 valence electrons. The number of anilines is 1. The highest BCUT2D eigenvalue weighted by atomic mass is 32.2. The summed E-state index contributed by atoms with van der Waals surface area (Å²) in [5.74, 6) is 0.575. The molecular formula is C14H16N4O3S. The Morgan fingerprint density at radius 1 is 1.32 bits per heavy atom. The number of nitrogens with zero attached hydrogens (tertiary/aromatic N) is 3. The van der Waals surface area contributed by atoms with E-state index in [1.807, 2.05) is 13.0 Å². The molecule has 0 aliphatic heterocycles. The molecule has 0 unspecified atom stereocenters. The molecule has 0 spiro atoms. The second kappa shape index (κ2) is 6.17. The number of hydrogen-bond acceptors (Lipinski definition) is 6. The van der Waals surface area contributed by atoms with Gasteiger partial charge in [-0.2, -0.15) is 10.2 Å². The first-order chi connectivity index (χ1) is 10.4. The van der Waals surface area contributed by atoms with Crippen LogP contribution >= 0.6 is 0 Å². The van der Waals surface area contributed by atoms with Gasteiger partial charge < -0.3 is 9.73 Å². The molecule has 0 saturated heterocycles. The van der Waals surface area contributed by atoms with E-state index in [4.69, 9.17) is 9.68 Å². The van der Waals surface area contributed by atoms with E-state index >= 15 is 0 Å². The summed E-state index contributed by atoms with van der Waals surface area (Å²) in [6.45, 7) is 2.48. The molecule has 0 aliphatic carbocycles. The standard InChI is InChI=1S/C14H16N4O3S/c1-4-16-14-12(9-15)17-13(21-14)10-5-7-11(8-6-10)22(19,20)18(2)3/h5-8,16H,4H2,1-3H3. The molecule has 1 aromatic heterocycles. The first kappa shape index (κ1) is 16.0. The van der Waals surface area contributed by atoms with Crippen molar-refractivity contribution in [1.29, 1.82) is 5.26 Å². The van der Waals surface area contributed by atoms with Gasteiger partial charge in [0.25, 0.3) is 0 Å². The van der Waals surface area contributed by atoms with E-state index in [0.717, 1.165) is 4.31 Å². The molecule has 1 N–H and O–H groups in total. The van der Waals surface area contributed by atoms with Crippen LogP contribution in [0.4, 0.5) is 5.88 Å². The van der Waals surface area contributed by atoms with Crippen molar-refractivity contribution in [2.24, 2.45) is 0 Å². The monoisotopic (exact) mass is 320 g/mol. The predicted molar refractivity (Wildman–Crippen MR) is 81.7 cm³/mol. The van der Waals surface area contributed by atoms with Crippen molar-refractivity contribution in [2.75, 3.05) is 26.0 Å². The van der Waals surface area contributed by atoms with Crippen LogP contribution in [0.2, 0.25) is 0 Å². The molecule has 2 rings (SSSR count). The zero-order valence-corrected chi connectivity index (χ0v) is 13.3. The van der Waals surface area contributed by atoms with Gasteiger partial charge in [-0.15, -0.1) is 0 Å². The molecule has 0 bridgehead atoms. The molecule has 0 aliphatic rings. The maximum absolute atomic E-state index is 12.0. The Labute approximate surface area is 129 Å².